The summed E-state index contributed by atoms with van der Waals surface area (Å²) in [7, 11) is 0. The van der Waals surface area contributed by atoms with Crippen molar-refractivity contribution in [2.24, 2.45) is 0 Å². The molecule has 0 aromatic carbocycles. The highest BCUT2D eigenvalue weighted by molar-refractivity contribution is 7.07. The van der Waals surface area contributed by atoms with E-state index in [-0.39, 0.29) is 0 Å². The molecule has 3 aromatic heterocycles. The maximum Gasteiger partial charge on any atom is 0.151 e. The van der Waals surface area contributed by atoms with Gasteiger partial charge in [-0.1, -0.05) is 0 Å². The van der Waals surface area contributed by atoms with Crippen molar-refractivity contribution in [3.8, 4) is 0 Å². The molecule has 0 saturated carbocycles. The van der Waals surface area contributed by atoms with E-state index in [1.807, 2.05) is 24.7 Å². The Bertz CT molecular complexity index is 772. The molecule has 4 rings (SSSR count). The van der Waals surface area contributed by atoms with Crippen LogP contribution in [0.4, 0.5) is 5.82 Å². The van der Waals surface area contributed by atoms with Crippen LogP contribution in [0.3, 0.4) is 0 Å². The Morgan fingerprint density at radius 2 is 2.04 bits per heavy atom. The van der Waals surface area contributed by atoms with Gasteiger partial charge in [-0.05, 0) is 31.9 Å². The van der Waals surface area contributed by atoms with E-state index < -0.39 is 0 Å². The van der Waals surface area contributed by atoms with Gasteiger partial charge < -0.3 is 9.47 Å². The minimum atomic E-state index is 0.494. The fourth-order valence-corrected chi connectivity index (χ4v) is 3.78. The number of hydrogen-bond acceptors (Lipinski definition) is 6. The van der Waals surface area contributed by atoms with Crippen molar-refractivity contribution >= 4 is 17.2 Å². The van der Waals surface area contributed by atoms with E-state index in [1.54, 1.807) is 11.3 Å². The van der Waals surface area contributed by atoms with Crippen molar-refractivity contribution in [3.05, 3.63) is 52.6 Å². The summed E-state index contributed by atoms with van der Waals surface area (Å²) in [5.74, 6) is 2.65. The zero-order chi connectivity index (χ0) is 16.4. The van der Waals surface area contributed by atoms with Crippen LogP contribution >= 0.6 is 11.3 Å². The van der Waals surface area contributed by atoms with Gasteiger partial charge in [0.05, 0.1) is 23.4 Å². The van der Waals surface area contributed by atoms with E-state index in [0.29, 0.717) is 5.92 Å². The Balaban J connectivity index is 1.43. The van der Waals surface area contributed by atoms with Gasteiger partial charge in [0.15, 0.2) is 5.82 Å². The lowest BCUT2D eigenvalue weighted by Gasteiger charge is -2.32. The second-order valence-corrected chi connectivity index (χ2v) is 6.91. The van der Waals surface area contributed by atoms with Gasteiger partial charge >= 0.3 is 0 Å². The van der Waals surface area contributed by atoms with Crippen LogP contribution in [0.5, 0.6) is 0 Å². The summed E-state index contributed by atoms with van der Waals surface area (Å²) in [5.41, 5.74) is 3.94. The number of rotatable bonds is 4. The van der Waals surface area contributed by atoms with Crippen LogP contribution in [0, 0.1) is 6.92 Å². The number of aromatic nitrogens is 5. The molecule has 0 atom stereocenters. The molecule has 0 bridgehead atoms. The zero-order valence-corrected chi connectivity index (χ0v) is 14.5. The van der Waals surface area contributed by atoms with Crippen LogP contribution in [0.25, 0.3) is 0 Å². The van der Waals surface area contributed by atoms with Gasteiger partial charge in [0, 0.05) is 36.8 Å². The first-order chi connectivity index (χ1) is 11.8. The fraction of sp³-hybridized carbons (Fsp3) is 0.412. The molecule has 0 spiro atoms. The third kappa shape index (κ3) is 3.17. The Labute approximate surface area is 145 Å². The summed E-state index contributed by atoms with van der Waals surface area (Å²) in [6.45, 7) is 4.76. The largest absolute Gasteiger partial charge is 0.355 e. The van der Waals surface area contributed by atoms with Gasteiger partial charge in [-0.3, -0.25) is 0 Å². The summed E-state index contributed by atoms with van der Waals surface area (Å²) in [6.07, 6.45) is 6.14. The predicted molar refractivity (Wildman–Crippen MR) is 94.4 cm³/mol. The van der Waals surface area contributed by atoms with Crippen molar-refractivity contribution in [2.45, 2.75) is 32.2 Å². The van der Waals surface area contributed by atoms with Gasteiger partial charge in [-0.2, -0.15) is 5.10 Å². The molecular weight excluding hydrogens is 320 g/mol. The molecule has 0 N–H and O–H groups in total. The number of nitrogens with zero attached hydrogens (tertiary/aromatic N) is 6. The summed E-state index contributed by atoms with van der Waals surface area (Å²) in [5, 5.41) is 10.6. The number of piperidine rings is 1. The molecule has 0 amide bonds. The fourth-order valence-electron chi connectivity index (χ4n) is 3.23. The lowest BCUT2D eigenvalue weighted by molar-refractivity contribution is 0.467. The predicted octanol–water partition coefficient (Wildman–Crippen LogP) is 2.87. The monoisotopic (exact) mass is 340 g/mol. The third-order valence-corrected chi connectivity index (χ3v) is 5.17. The molecule has 6 nitrogen and oxygen atoms in total. The molecule has 1 aliphatic heterocycles. The Kier molecular flexibility index (Phi) is 4.25. The van der Waals surface area contributed by atoms with Crippen LogP contribution in [-0.4, -0.2) is 37.8 Å². The minimum Gasteiger partial charge on any atom is -0.355 e. The standard InChI is InChI=1S/C17H20N6S/c1-13-2-3-16(21-20-13)22-7-4-14(5-8-22)17-18-6-9-23(17)10-15-11-24-12-19-15/h2-3,6,9,11-12,14H,4-5,7-8,10H2,1H3. The third-order valence-electron chi connectivity index (χ3n) is 4.53. The molecule has 0 radical (unpaired) electrons. The molecule has 1 aliphatic rings. The summed E-state index contributed by atoms with van der Waals surface area (Å²) >= 11 is 1.64. The highest BCUT2D eigenvalue weighted by Gasteiger charge is 2.24. The first-order valence-electron chi connectivity index (χ1n) is 8.23. The molecular formula is C17H20N6S. The molecule has 4 heterocycles. The van der Waals surface area contributed by atoms with Gasteiger partial charge in [-0.25, -0.2) is 9.97 Å². The van der Waals surface area contributed by atoms with Crippen molar-refractivity contribution in [2.75, 3.05) is 18.0 Å². The van der Waals surface area contributed by atoms with E-state index >= 15 is 0 Å². The van der Waals surface area contributed by atoms with Crippen LogP contribution in [-0.2, 0) is 6.54 Å². The van der Waals surface area contributed by atoms with Crippen LogP contribution in [0.1, 0.15) is 36.0 Å². The number of imidazole rings is 1. The molecule has 24 heavy (non-hydrogen) atoms. The molecule has 0 unspecified atom stereocenters. The number of thiazole rings is 1. The lowest BCUT2D eigenvalue weighted by atomic mass is 9.96. The van der Waals surface area contributed by atoms with E-state index in [1.165, 1.54) is 5.82 Å². The van der Waals surface area contributed by atoms with E-state index in [2.05, 4.69) is 47.3 Å². The first kappa shape index (κ1) is 15.3. The number of anilines is 1. The van der Waals surface area contributed by atoms with Gasteiger partial charge in [0.25, 0.3) is 0 Å². The molecule has 1 saturated heterocycles. The molecule has 124 valence electrons. The van der Waals surface area contributed by atoms with Crippen molar-refractivity contribution < 1.29 is 0 Å². The lowest BCUT2D eigenvalue weighted by Crippen LogP contribution is -2.34. The van der Waals surface area contributed by atoms with Gasteiger partial charge in [0.1, 0.15) is 5.82 Å². The maximum atomic E-state index is 4.62. The van der Waals surface area contributed by atoms with Crippen LogP contribution in [0.15, 0.2) is 35.4 Å². The quantitative estimate of drug-likeness (QED) is 0.731. The molecule has 3 aromatic rings. The number of hydrogen-bond donors (Lipinski definition) is 0. The maximum absolute atomic E-state index is 4.62. The SMILES string of the molecule is Cc1ccc(N2CCC(c3nccn3Cc3cscn3)CC2)nn1. The van der Waals surface area contributed by atoms with Crippen molar-refractivity contribution in [1.29, 1.82) is 0 Å². The van der Waals surface area contributed by atoms with Crippen LogP contribution in [0.2, 0.25) is 0 Å². The summed E-state index contributed by atoms with van der Waals surface area (Å²) in [4.78, 5) is 11.3. The van der Waals surface area contributed by atoms with E-state index in [0.717, 1.165) is 49.7 Å². The average molecular weight is 340 g/mol. The molecule has 7 heteroatoms. The second-order valence-electron chi connectivity index (χ2n) is 6.19. The van der Waals surface area contributed by atoms with Gasteiger partial charge in [0.2, 0.25) is 0 Å². The minimum absolute atomic E-state index is 0.494. The van der Waals surface area contributed by atoms with E-state index in [4.69, 9.17) is 0 Å². The molecule has 1 fully saturated rings. The first-order valence-corrected chi connectivity index (χ1v) is 9.17. The number of aryl methyl sites for hydroxylation is 1. The van der Waals surface area contributed by atoms with Crippen molar-refractivity contribution in [3.63, 3.8) is 0 Å². The normalized spacial score (nSPS) is 15.8. The summed E-state index contributed by atoms with van der Waals surface area (Å²) < 4.78 is 2.24. The van der Waals surface area contributed by atoms with Crippen molar-refractivity contribution in [1.82, 2.24) is 24.7 Å². The molecule has 0 aliphatic carbocycles. The van der Waals surface area contributed by atoms with Gasteiger partial charge in [-0.15, -0.1) is 16.4 Å². The average Bonchev–Trinajstić information content (AvgIpc) is 3.28. The highest BCUT2D eigenvalue weighted by atomic mass is 32.1. The summed E-state index contributed by atoms with van der Waals surface area (Å²) in [6, 6.07) is 4.08. The van der Waals surface area contributed by atoms with Crippen LogP contribution < -0.4 is 4.90 Å². The Morgan fingerprint density at radius 1 is 1.17 bits per heavy atom. The smallest absolute Gasteiger partial charge is 0.151 e. The highest BCUT2D eigenvalue weighted by Crippen LogP contribution is 2.29. The Hall–Kier alpha value is -2.28. The zero-order valence-electron chi connectivity index (χ0n) is 13.7. The topological polar surface area (TPSA) is 59.7 Å². The van der Waals surface area contributed by atoms with E-state index in [9.17, 15) is 0 Å². The Morgan fingerprint density at radius 3 is 2.75 bits per heavy atom. The second kappa shape index (κ2) is 6.68.